The number of benzene rings is 2. The molecule has 2 N–H and O–H groups in total. The summed E-state index contributed by atoms with van der Waals surface area (Å²) in [4.78, 5) is 25.4. The summed E-state index contributed by atoms with van der Waals surface area (Å²) in [5.41, 5.74) is 3.06. The Morgan fingerprint density at radius 3 is 2.38 bits per heavy atom. The molecule has 0 bridgehead atoms. The molecule has 0 unspecified atom stereocenters. The molecule has 0 fully saturated rings. The fourth-order valence-electron chi connectivity index (χ4n) is 2.39. The topological polar surface area (TPSA) is 58.2 Å². The van der Waals surface area contributed by atoms with Gasteiger partial charge in [0.1, 0.15) is 0 Å². The average molecular weight is 385 g/mol. The number of anilines is 1. The highest BCUT2D eigenvalue weighted by Crippen LogP contribution is 2.23. The van der Waals surface area contributed by atoms with Crippen molar-refractivity contribution in [3.8, 4) is 0 Å². The molecule has 6 heteroatoms. The Hall–Kier alpha value is -2.63. The van der Waals surface area contributed by atoms with E-state index in [0.29, 0.717) is 27.0 Å². The molecule has 0 radical (unpaired) electrons. The van der Waals surface area contributed by atoms with E-state index < -0.39 is 0 Å². The Labute approximate surface area is 160 Å². The molecule has 0 saturated heterocycles. The highest BCUT2D eigenvalue weighted by atomic mass is 35.5. The molecule has 0 aliphatic carbocycles. The Kier molecular flexibility index (Phi) is 5.71. The predicted octanol–water partition coefficient (Wildman–Crippen LogP) is 4.89. The quantitative estimate of drug-likeness (QED) is 0.657. The second-order valence-corrected chi connectivity index (χ2v) is 7.49. The molecule has 0 aliphatic heterocycles. The summed E-state index contributed by atoms with van der Waals surface area (Å²) in [7, 11) is 0. The molecular weight excluding hydrogens is 368 g/mol. The van der Waals surface area contributed by atoms with Gasteiger partial charge in [-0.15, -0.1) is 11.3 Å². The van der Waals surface area contributed by atoms with Crippen molar-refractivity contribution in [2.45, 2.75) is 13.5 Å². The number of carbonyl (C=O) groups excluding carboxylic acids is 2. The maximum Gasteiger partial charge on any atom is 0.265 e. The molecule has 132 valence electrons. The Morgan fingerprint density at radius 2 is 1.69 bits per heavy atom. The van der Waals surface area contributed by atoms with Crippen molar-refractivity contribution in [3.63, 3.8) is 0 Å². The largest absolute Gasteiger partial charge is 0.348 e. The highest BCUT2D eigenvalue weighted by molar-refractivity contribution is 7.18. The van der Waals surface area contributed by atoms with Gasteiger partial charge in [-0.2, -0.15) is 0 Å². The lowest BCUT2D eigenvalue weighted by Gasteiger charge is -2.11. The van der Waals surface area contributed by atoms with Crippen LogP contribution in [0.3, 0.4) is 0 Å². The first-order chi connectivity index (χ1) is 12.5. The summed E-state index contributed by atoms with van der Waals surface area (Å²) >= 11 is 7.06. The number of carbonyl (C=O) groups is 2. The Balaban J connectivity index is 1.70. The van der Waals surface area contributed by atoms with E-state index in [1.54, 1.807) is 36.4 Å². The summed E-state index contributed by atoms with van der Waals surface area (Å²) in [6.45, 7) is 2.43. The van der Waals surface area contributed by atoms with Gasteiger partial charge in [0.05, 0.1) is 20.5 Å². The first-order valence-corrected chi connectivity index (χ1v) is 9.22. The van der Waals surface area contributed by atoms with Crippen molar-refractivity contribution in [2.24, 2.45) is 0 Å². The third kappa shape index (κ3) is 4.50. The minimum atomic E-state index is -0.291. The number of para-hydroxylation sites is 1. The lowest BCUT2D eigenvalue weighted by Crippen LogP contribution is -2.24. The van der Waals surface area contributed by atoms with Crippen LogP contribution in [0.25, 0.3) is 0 Å². The molecule has 4 nitrogen and oxygen atoms in total. The second kappa shape index (κ2) is 8.17. The van der Waals surface area contributed by atoms with E-state index >= 15 is 0 Å². The van der Waals surface area contributed by atoms with Crippen molar-refractivity contribution >= 4 is 40.4 Å². The molecule has 3 aromatic rings. The number of amides is 2. The van der Waals surface area contributed by atoms with Gasteiger partial charge >= 0.3 is 0 Å². The summed E-state index contributed by atoms with van der Waals surface area (Å²) < 4.78 is 0.541. The van der Waals surface area contributed by atoms with E-state index in [2.05, 4.69) is 10.6 Å². The van der Waals surface area contributed by atoms with Crippen LogP contribution in [-0.4, -0.2) is 11.8 Å². The van der Waals surface area contributed by atoms with Crippen molar-refractivity contribution < 1.29 is 9.59 Å². The van der Waals surface area contributed by atoms with Crippen molar-refractivity contribution in [3.05, 3.63) is 86.6 Å². The molecule has 1 heterocycles. The van der Waals surface area contributed by atoms with Crippen LogP contribution in [0.1, 0.15) is 31.2 Å². The summed E-state index contributed by atoms with van der Waals surface area (Å²) in [5, 5.41) is 5.66. The van der Waals surface area contributed by atoms with Crippen molar-refractivity contribution in [1.82, 2.24) is 5.32 Å². The minimum absolute atomic E-state index is 0.245. The lowest BCUT2D eigenvalue weighted by atomic mass is 10.1. The number of rotatable bonds is 5. The van der Waals surface area contributed by atoms with Crippen LogP contribution in [0.15, 0.2) is 60.7 Å². The van der Waals surface area contributed by atoms with Crippen LogP contribution >= 0.6 is 22.9 Å². The summed E-state index contributed by atoms with van der Waals surface area (Å²) in [6, 6.07) is 18.2. The van der Waals surface area contributed by atoms with Gasteiger partial charge in [-0.1, -0.05) is 53.6 Å². The molecule has 0 atom stereocenters. The second-order valence-electron chi connectivity index (χ2n) is 5.77. The zero-order chi connectivity index (χ0) is 18.5. The Morgan fingerprint density at radius 1 is 0.962 bits per heavy atom. The van der Waals surface area contributed by atoms with Crippen LogP contribution in [0.2, 0.25) is 4.34 Å². The van der Waals surface area contributed by atoms with E-state index in [0.717, 1.165) is 5.56 Å². The van der Waals surface area contributed by atoms with E-state index in [9.17, 15) is 9.59 Å². The van der Waals surface area contributed by atoms with E-state index in [4.69, 9.17) is 11.6 Å². The lowest BCUT2D eigenvalue weighted by molar-refractivity contribution is 0.0952. The van der Waals surface area contributed by atoms with Gasteiger partial charge in [0.2, 0.25) is 0 Å². The normalized spacial score (nSPS) is 10.4. The fraction of sp³-hybridized carbons (Fsp3) is 0.100. The average Bonchev–Trinajstić information content (AvgIpc) is 3.08. The summed E-state index contributed by atoms with van der Waals surface area (Å²) in [5.74, 6) is -0.536. The molecule has 2 amide bonds. The molecule has 0 spiro atoms. The zero-order valence-corrected chi connectivity index (χ0v) is 15.7. The molecule has 1 aromatic heterocycles. The van der Waals surface area contributed by atoms with Crippen molar-refractivity contribution in [2.75, 3.05) is 5.32 Å². The third-order valence-corrected chi connectivity index (χ3v) is 5.02. The van der Waals surface area contributed by atoms with Crippen LogP contribution in [-0.2, 0) is 6.54 Å². The molecular formula is C20H17ClN2O2S. The standard InChI is InChI=1S/C20H17ClN2O2S/c1-13-6-8-14(9-7-13)12-22-19(24)15-4-2-3-5-16(15)23-20(25)17-10-11-18(21)26-17/h2-11H,12H2,1H3,(H,22,24)(H,23,25). The molecule has 3 rings (SSSR count). The first-order valence-electron chi connectivity index (χ1n) is 8.02. The molecule has 26 heavy (non-hydrogen) atoms. The molecule has 2 aromatic carbocycles. The summed E-state index contributed by atoms with van der Waals surface area (Å²) in [6.07, 6.45) is 0. The third-order valence-electron chi connectivity index (χ3n) is 3.79. The van der Waals surface area contributed by atoms with Crippen LogP contribution in [0, 0.1) is 6.92 Å². The monoisotopic (exact) mass is 384 g/mol. The molecule has 0 saturated carbocycles. The highest BCUT2D eigenvalue weighted by Gasteiger charge is 2.15. The van der Waals surface area contributed by atoms with Crippen molar-refractivity contribution in [1.29, 1.82) is 0 Å². The van der Waals surface area contributed by atoms with Crippen LogP contribution < -0.4 is 10.6 Å². The van der Waals surface area contributed by atoms with Gasteiger partial charge in [0, 0.05) is 6.54 Å². The zero-order valence-electron chi connectivity index (χ0n) is 14.1. The van der Waals surface area contributed by atoms with Gasteiger partial charge in [0.15, 0.2) is 0 Å². The SMILES string of the molecule is Cc1ccc(CNC(=O)c2ccccc2NC(=O)c2ccc(Cl)s2)cc1. The van der Waals surface area contributed by atoms with Gasteiger partial charge in [-0.3, -0.25) is 9.59 Å². The number of halogens is 1. The number of thiophene rings is 1. The van der Waals surface area contributed by atoms with Gasteiger partial charge in [-0.05, 0) is 36.8 Å². The Bertz CT molecular complexity index is 935. The first kappa shape index (κ1) is 18.2. The van der Waals surface area contributed by atoms with E-state index in [1.165, 1.54) is 16.9 Å². The van der Waals surface area contributed by atoms with Crippen LogP contribution in [0.5, 0.6) is 0 Å². The number of hydrogen-bond acceptors (Lipinski definition) is 3. The van der Waals surface area contributed by atoms with Crippen LogP contribution in [0.4, 0.5) is 5.69 Å². The van der Waals surface area contributed by atoms with E-state index in [-0.39, 0.29) is 11.8 Å². The smallest absolute Gasteiger partial charge is 0.265 e. The number of aryl methyl sites for hydroxylation is 1. The predicted molar refractivity (Wildman–Crippen MR) is 106 cm³/mol. The molecule has 0 aliphatic rings. The maximum absolute atomic E-state index is 12.5. The fourth-order valence-corrected chi connectivity index (χ4v) is 3.33. The minimum Gasteiger partial charge on any atom is -0.348 e. The van der Waals surface area contributed by atoms with Gasteiger partial charge in [-0.25, -0.2) is 0 Å². The number of nitrogens with one attached hydrogen (secondary N) is 2. The van der Waals surface area contributed by atoms with Gasteiger partial charge < -0.3 is 10.6 Å². The number of hydrogen-bond donors (Lipinski definition) is 2. The maximum atomic E-state index is 12.5. The van der Waals surface area contributed by atoms with Gasteiger partial charge in [0.25, 0.3) is 11.8 Å². The van der Waals surface area contributed by atoms with E-state index in [1.807, 2.05) is 31.2 Å².